The zero-order chi connectivity index (χ0) is 18.1. The lowest BCUT2D eigenvalue weighted by atomic mass is 9.93. The molecule has 1 N–H and O–H groups in total. The maximum Gasteiger partial charge on any atom is 0.192 e. The second kappa shape index (κ2) is 7.60. The van der Waals surface area contributed by atoms with Gasteiger partial charge < -0.3 is 9.74 Å². The van der Waals surface area contributed by atoms with Gasteiger partial charge in [0.15, 0.2) is 14.1 Å². The number of ketones is 1. The van der Waals surface area contributed by atoms with Crippen molar-refractivity contribution in [1.82, 2.24) is 0 Å². The van der Waals surface area contributed by atoms with Gasteiger partial charge in [-0.1, -0.05) is 20.8 Å². The van der Waals surface area contributed by atoms with Gasteiger partial charge in [0.2, 0.25) is 0 Å². The number of carbonyl (C=O) groups is 1. The summed E-state index contributed by atoms with van der Waals surface area (Å²) >= 11 is 5.00. The number of anilines is 1. The van der Waals surface area contributed by atoms with Gasteiger partial charge >= 0.3 is 0 Å². The van der Waals surface area contributed by atoms with Gasteiger partial charge in [0.05, 0.1) is 14.4 Å². The van der Waals surface area contributed by atoms with E-state index in [9.17, 15) is 4.79 Å². The Balaban J connectivity index is 1.91. The first-order valence-electron chi connectivity index (χ1n) is 8.74. The number of nitrogens with one attached hydrogen (secondary N) is 1. The van der Waals surface area contributed by atoms with E-state index in [0.29, 0.717) is 12.1 Å². The minimum atomic E-state index is -1.68. The fraction of sp³-hybridized carbons (Fsp3) is 0.722. The maximum absolute atomic E-state index is 11.8. The predicted octanol–water partition coefficient (Wildman–Crippen LogP) is 6.46. The topological polar surface area (TPSA) is 38.3 Å². The Morgan fingerprint density at radius 1 is 1.29 bits per heavy atom. The van der Waals surface area contributed by atoms with Crippen LogP contribution in [-0.2, 0) is 4.43 Å². The summed E-state index contributed by atoms with van der Waals surface area (Å²) in [5.41, 5.74) is 0.980. The van der Waals surface area contributed by atoms with Crippen LogP contribution in [0.5, 0.6) is 0 Å². The molecule has 0 atom stereocenters. The van der Waals surface area contributed by atoms with Crippen LogP contribution in [0.25, 0.3) is 0 Å². The minimum Gasteiger partial charge on any atom is -0.414 e. The smallest absolute Gasteiger partial charge is 0.192 e. The minimum absolute atomic E-state index is 0.128. The third-order valence-electron chi connectivity index (χ3n) is 5.32. The van der Waals surface area contributed by atoms with Crippen molar-refractivity contribution in [2.24, 2.45) is 0 Å². The molecule has 24 heavy (non-hydrogen) atoms. The summed E-state index contributed by atoms with van der Waals surface area (Å²) in [4.78, 5) is 12.6. The van der Waals surface area contributed by atoms with Gasteiger partial charge in [0.25, 0.3) is 0 Å². The van der Waals surface area contributed by atoms with Crippen LogP contribution in [0.2, 0.25) is 18.1 Å². The number of carbonyl (C=O) groups excluding carboxylic acids is 1. The molecule has 0 aliphatic heterocycles. The Bertz CT molecular complexity index is 586. The molecule has 1 heterocycles. The van der Waals surface area contributed by atoms with Crippen LogP contribution in [0.1, 0.15) is 63.0 Å². The molecule has 1 fully saturated rings. The molecule has 0 spiro atoms. The van der Waals surface area contributed by atoms with Crippen LogP contribution >= 0.6 is 27.3 Å². The Kier molecular flexibility index (Phi) is 6.38. The highest BCUT2D eigenvalue weighted by atomic mass is 79.9. The first-order chi connectivity index (χ1) is 11.0. The molecule has 1 aliphatic rings. The predicted molar refractivity (Wildman–Crippen MR) is 110 cm³/mol. The van der Waals surface area contributed by atoms with E-state index < -0.39 is 8.32 Å². The summed E-state index contributed by atoms with van der Waals surface area (Å²) in [7, 11) is -1.68. The number of rotatable bonds is 5. The molecule has 6 heteroatoms. The van der Waals surface area contributed by atoms with Crippen molar-refractivity contribution < 1.29 is 9.22 Å². The molecular formula is C18H30BrNO2SSi. The maximum atomic E-state index is 11.8. The van der Waals surface area contributed by atoms with E-state index in [1.807, 2.05) is 6.07 Å². The van der Waals surface area contributed by atoms with E-state index in [0.717, 1.165) is 40.0 Å². The summed E-state index contributed by atoms with van der Waals surface area (Å²) in [6, 6.07) is 2.46. The van der Waals surface area contributed by atoms with Crippen LogP contribution in [0.15, 0.2) is 9.85 Å². The molecule has 0 bridgehead atoms. The number of Topliss-reactive ketones (excluding diaryl/α,β-unsaturated/α-hetero) is 1. The standard InChI is InChI=1S/C18H30BrNO2SSi/c1-12(21)17-15(11-16(19)23-17)20-13-7-9-14(10-8-13)22-24(5,6)18(2,3)4/h11,13-14,20H,7-10H2,1-6H3. The lowest BCUT2D eigenvalue weighted by molar-refractivity contribution is 0.102. The first kappa shape index (κ1) is 20.1. The Morgan fingerprint density at radius 3 is 2.38 bits per heavy atom. The zero-order valence-electron chi connectivity index (χ0n) is 15.7. The molecule has 2 rings (SSSR count). The lowest BCUT2D eigenvalue weighted by Gasteiger charge is -2.41. The number of hydrogen-bond donors (Lipinski definition) is 1. The van der Waals surface area contributed by atoms with Crippen molar-refractivity contribution in [3.8, 4) is 0 Å². The van der Waals surface area contributed by atoms with Crippen LogP contribution in [0, 0.1) is 0 Å². The second-order valence-electron chi connectivity index (χ2n) is 8.35. The van der Waals surface area contributed by atoms with E-state index in [1.165, 1.54) is 11.3 Å². The molecule has 3 nitrogen and oxygen atoms in total. The van der Waals surface area contributed by atoms with Gasteiger partial charge in [-0.2, -0.15) is 0 Å². The Morgan fingerprint density at radius 2 is 1.88 bits per heavy atom. The van der Waals surface area contributed by atoms with Gasteiger partial charge in [0.1, 0.15) is 0 Å². The van der Waals surface area contributed by atoms with Gasteiger partial charge in [-0.25, -0.2) is 0 Å². The van der Waals surface area contributed by atoms with Crippen molar-refractivity contribution in [1.29, 1.82) is 0 Å². The fourth-order valence-electron chi connectivity index (χ4n) is 2.87. The molecule has 0 aromatic carbocycles. The molecule has 136 valence electrons. The van der Waals surface area contributed by atoms with Crippen molar-refractivity contribution >= 4 is 47.1 Å². The average Bonchev–Trinajstić information content (AvgIpc) is 2.80. The summed E-state index contributed by atoms with van der Waals surface area (Å²) < 4.78 is 7.56. The molecule has 1 aromatic rings. The normalized spacial score (nSPS) is 22.5. The van der Waals surface area contributed by atoms with E-state index >= 15 is 0 Å². The SMILES string of the molecule is CC(=O)c1sc(Br)cc1NC1CCC(O[Si](C)(C)C(C)(C)C)CC1. The summed E-state index contributed by atoms with van der Waals surface area (Å²) in [6.07, 6.45) is 4.80. The van der Waals surface area contributed by atoms with Crippen LogP contribution in [-0.4, -0.2) is 26.2 Å². The highest BCUT2D eigenvalue weighted by Gasteiger charge is 2.39. The van der Waals surface area contributed by atoms with Crippen molar-refractivity contribution in [2.75, 3.05) is 5.32 Å². The highest BCUT2D eigenvalue weighted by molar-refractivity contribution is 9.11. The number of halogens is 1. The van der Waals surface area contributed by atoms with E-state index in [2.05, 4.69) is 55.1 Å². The largest absolute Gasteiger partial charge is 0.414 e. The second-order valence-corrected chi connectivity index (χ2v) is 15.5. The third kappa shape index (κ3) is 4.93. The van der Waals surface area contributed by atoms with Gasteiger partial charge in [-0.15, -0.1) is 11.3 Å². The summed E-state index contributed by atoms with van der Waals surface area (Å²) in [5, 5.41) is 3.85. The Hall–Kier alpha value is -0.173. The summed E-state index contributed by atoms with van der Waals surface area (Å²) in [6.45, 7) is 13.2. The molecule has 0 saturated heterocycles. The molecule has 0 radical (unpaired) electrons. The van der Waals surface area contributed by atoms with Gasteiger partial charge in [-0.3, -0.25) is 4.79 Å². The molecule has 0 amide bonds. The van der Waals surface area contributed by atoms with Crippen LogP contribution in [0.4, 0.5) is 5.69 Å². The van der Waals surface area contributed by atoms with Crippen LogP contribution < -0.4 is 5.32 Å². The zero-order valence-corrected chi connectivity index (χ0v) is 19.1. The molecule has 1 aliphatic carbocycles. The van der Waals surface area contributed by atoms with Gasteiger partial charge in [0, 0.05) is 19.1 Å². The Labute approximate surface area is 159 Å². The monoisotopic (exact) mass is 431 g/mol. The lowest BCUT2D eigenvalue weighted by Crippen LogP contribution is -2.45. The fourth-order valence-corrected chi connectivity index (χ4v) is 5.75. The average molecular weight is 433 g/mol. The van der Waals surface area contributed by atoms with E-state index in [-0.39, 0.29) is 10.8 Å². The first-order valence-corrected chi connectivity index (χ1v) is 13.3. The van der Waals surface area contributed by atoms with Crippen molar-refractivity contribution in [2.45, 2.75) is 83.7 Å². The highest BCUT2D eigenvalue weighted by Crippen LogP contribution is 2.39. The summed E-state index contributed by atoms with van der Waals surface area (Å²) in [5.74, 6) is 0.128. The number of hydrogen-bond acceptors (Lipinski definition) is 4. The molecule has 1 aromatic heterocycles. The third-order valence-corrected chi connectivity index (χ3v) is 11.6. The van der Waals surface area contributed by atoms with Crippen molar-refractivity contribution in [3.63, 3.8) is 0 Å². The molecule has 0 unspecified atom stereocenters. The molecule has 1 saturated carbocycles. The van der Waals surface area contributed by atoms with E-state index in [1.54, 1.807) is 6.92 Å². The quantitative estimate of drug-likeness (QED) is 0.429. The van der Waals surface area contributed by atoms with Gasteiger partial charge in [-0.05, 0) is 65.8 Å². The molecular weight excluding hydrogens is 402 g/mol. The van der Waals surface area contributed by atoms with Crippen LogP contribution in [0.3, 0.4) is 0 Å². The number of thiophene rings is 1. The van der Waals surface area contributed by atoms with Crippen molar-refractivity contribution in [3.05, 3.63) is 14.7 Å². The van der Waals surface area contributed by atoms with E-state index in [4.69, 9.17) is 4.43 Å².